The predicted molar refractivity (Wildman–Crippen MR) is 74.0 cm³/mol. The van der Waals surface area contributed by atoms with E-state index in [4.69, 9.17) is 4.74 Å². The number of rotatable bonds is 6. The molecule has 0 aliphatic heterocycles. The molecular weight excluding hydrogens is 230 g/mol. The quantitative estimate of drug-likeness (QED) is 0.838. The molecule has 1 fully saturated rings. The van der Waals surface area contributed by atoms with Crippen LogP contribution in [0.3, 0.4) is 0 Å². The largest absolute Gasteiger partial charge is 0.491 e. The van der Waals surface area contributed by atoms with E-state index >= 15 is 0 Å². The van der Waals surface area contributed by atoms with Gasteiger partial charge in [0.2, 0.25) is 0 Å². The first-order valence-corrected chi connectivity index (χ1v) is 7.05. The van der Waals surface area contributed by atoms with Crippen LogP contribution in [0.2, 0.25) is 0 Å². The smallest absolute Gasteiger partial charge is 0.119 e. The van der Waals surface area contributed by atoms with Crippen molar-refractivity contribution in [2.45, 2.75) is 42.4 Å². The van der Waals surface area contributed by atoms with Crippen molar-refractivity contribution in [3.63, 3.8) is 0 Å². The monoisotopic (exact) mass is 251 g/mol. The Morgan fingerprint density at radius 2 is 1.94 bits per heavy atom. The van der Waals surface area contributed by atoms with E-state index in [9.17, 15) is 0 Å². The SMILES string of the molecule is CNCC1(Sc2ccc(OC(C)C)cc2)CC1. The highest BCUT2D eigenvalue weighted by molar-refractivity contribution is 8.01. The van der Waals surface area contributed by atoms with E-state index in [0.717, 1.165) is 12.3 Å². The second-order valence-corrected chi connectivity index (χ2v) is 6.49. The van der Waals surface area contributed by atoms with Gasteiger partial charge in [-0.1, -0.05) is 0 Å². The van der Waals surface area contributed by atoms with Crippen molar-refractivity contribution in [3.8, 4) is 5.75 Å². The Labute approximate surface area is 108 Å². The molecule has 1 saturated carbocycles. The van der Waals surface area contributed by atoms with Gasteiger partial charge in [-0.2, -0.15) is 0 Å². The number of hydrogen-bond donors (Lipinski definition) is 1. The fourth-order valence-electron chi connectivity index (χ4n) is 1.88. The molecule has 2 nitrogen and oxygen atoms in total. The van der Waals surface area contributed by atoms with E-state index in [1.807, 2.05) is 18.8 Å². The fourth-order valence-corrected chi connectivity index (χ4v) is 3.18. The lowest BCUT2D eigenvalue weighted by Gasteiger charge is -2.15. The summed E-state index contributed by atoms with van der Waals surface area (Å²) in [5.41, 5.74) is 0. The molecule has 0 unspecified atom stereocenters. The first-order valence-electron chi connectivity index (χ1n) is 6.24. The van der Waals surface area contributed by atoms with E-state index in [-0.39, 0.29) is 6.10 Å². The van der Waals surface area contributed by atoms with Crippen LogP contribution in [0.1, 0.15) is 26.7 Å². The molecule has 0 atom stereocenters. The molecule has 1 aromatic rings. The summed E-state index contributed by atoms with van der Waals surface area (Å²) < 4.78 is 6.09. The van der Waals surface area contributed by atoms with E-state index in [1.54, 1.807) is 0 Å². The van der Waals surface area contributed by atoms with Crippen LogP contribution >= 0.6 is 11.8 Å². The number of hydrogen-bond acceptors (Lipinski definition) is 3. The lowest BCUT2D eigenvalue weighted by molar-refractivity contribution is 0.242. The zero-order valence-electron chi connectivity index (χ0n) is 10.8. The summed E-state index contributed by atoms with van der Waals surface area (Å²) in [6.45, 7) is 5.20. The maximum absolute atomic E-state index is 5.64. The second kappa shape index (κ2) is 5.32. The van der Waals surface area contributed by atoms with Gasteiger partial charge in [-0.05, 0) is 58.0 Å². The van der Waals surface area contributed by atoms with Gasteiger partial charge in [0.15, 0.2) is 0 Å². The van der Waals surface area contributed by atoms with Crippen LogP contribution in [0.15, 0.2) is 29.2 Å². The third-order valence-corrected chi connectivity index (χ3v) is 4.33. The van der Waals surface area contributed by atoms with Crippen molar-refractivity contribution in [1.82, 2.24) is 5.32 Å². The Morgan fingerprint density at radius 1 is 1.29 bits per heavy atom. The van der Waals surface area contributed by atoms with Crippen LogP contribution < -0.4 is 10.1 Å². The summed E-state index contributed by atoms with van der Waals surface area (Å²) in [5.74, 6) is 0.961. The first kappa shape index (κ1) is 12.8. The van der Waals surface area contributed by atoms with Gasteiger partial charge < -0.3 is 10.1 Å². The Hall–Kier alpha value is -0.670. The van der Waals surface area contributed by atoms with Crippen LogP contribution in [0.4, 0.5) is 0 Å². The number of benzene rings is 1. The minimum absolute atomic E-state index is 0.243. The molecule has 1 aliphatic rings. The summed E-state index contributed by atoms with van der Waals surface area (Å²) in [5, 5.41) is 3.28. The van der Waals surface area contributed by atoms with Gasteiger partial charge in [0.05, 0.1) is 6.10 Å². The van der Waals surface area contributed by atoms with Crippen molar-refractivity contribution in [3.05, 3.63) is 24.3 Å². The van der Waals surface area contributed by atoms with Gasteiger partial charge in [0.1, 0.15) is 5.75 Å². The van der Waals surface area contributed by atoms with Crippen molar-refractivity contribution >= 4 is 11.8 Å². The molecule has 0 radical (unpaired) electrons. The molecule has 2 rings (SSSR count). The Kier molecular flexibility index (Phi) is 4.00. The maximum atomic E-state index is 5.64. The normalized spacial score (nSPS) is 17.2. The Balaban J connectivity index is 1.94. The van der Waals surface area contributed by atoms with Crippen LogP contribution in [-0.2, 0) is 0 Å². The van der Waals surface area contributed by atoms with E-state index in [2.05, 4.69) is 43.4 Å². The third-order valence-electron chi connectivity index (χ3n) is 2.84. The van der Waals surface area contributed by atoms with E-state index in [0.29, 0.717) is 4.75 Å². The lowest BCUT2D eigenvalue weighted by atomic mass is 10.3. The molecule has 1 aromatic carbocycles. The summed E-state index contributed by atoms with van der Waals surface area (Å²) in [6.07, 6.45) is 2.89. The highest BCUT2D eigenvalue weighted by atomic mass is 32.2. The fraction of sp³-hybridized carbons (Fsp3) is 0.571. The van der Waals surface area contributed by atoms with Gasteiger partial charge in [-0.3, -0.25) is 0 Å². The van der Waals surface area contributed by atoms with E-state index < -0.39 is 0 Å². The van der Waals surface area contributed by atoms with Crippen LogP contribution in [0, 0.1) is 0 Å². The molecule has 17 heavy (non-hydrogen) atoms. The molecule has 0 spiro atoms. The molecule has 0 aromatic heterocycles. The average Bonchev–Trinajstić information content (AvgIpc) is 3.01. The molecule has 1 N–H and O–H groups in total. The average molecular weight is 251 g/mol. The predicted octanol–water partition coefficient (Wildman–Crippen LogP) is 3.32. The molecule has 0 heterocycles. The third kappa shape index (κ3) is 3.65. The van der Waals surface area contributed by atoms with Crippen molar-refractivity contribution in [2.24, 2.45) is 0 Å². The molecular formula is C14H21NOS. The Bertz CT molecular complexity index is 357. The van der Waals surface area contributed by atoms with E-state index in [1.165, 1.54) is 17.7 Å². The van der Waals surface area contributed by atoms with Crippen LogP contribution in [0.25, 0.3) is 0 Å². The molecule has 94 valence electrons. The highest BCUT2D eigenvalue weighted by Gasteiger charge is 2.42. The van der Waals surface area contributed by atoms with Crippen LogP contribution in [0.5, 0.6) is 5.75 Å². The summed E-state index contributed by atoms with van der Waals surface area (Å²) >= 11 is 1.99. The van der Waals surface area contributed by atoms with Gasteiger partial charge in [-0.15, -0.1) is 11.8 Å². The zero-order valence-corrected chi connectivity index (χ0v) is 11.6. The molecule has 3 heteroatoms. The lowest BCUT2D eigenvalue weighted by Crippen LogP contribution is -2.22. The minimum Gasteiger partial charge on any atom is -0.491 e. The number of nitrogens with one attached hydrogen (secondary N) is 1. The number of thioether (sulfide) groups is 1. The molecule has 0 amide bonds. The first-order chi connectivity index (χ1) is 8.13. The van der Waals surface area contributed by atoms with Crippen molar-refractivity contribution < 1.29 is 4.74 Å². The van der Waals surface area contributed by atoms with Gasteiger partial charge >= 0.3 is 0 Å². The number of ether oxygens (including phenoxy) is 1. The molecule has 1 aliphatic carbocycles. The molecule has 0 saturated heterocycles. The standard InChI is InChI=1S/C14H21NOS/c1-11(2)16-12-4-6-13(7-5-12)17-14(8-9-14)10-15-3/h4-7,11,15H,8-10H2,1-3H3. The van der Waals surface area contributed by atoms with Crippen molar-refractivity contribution in [1.29, 1.82) is 0 Å². The maximum Gasteiger partial charge on any atom is 0.119 e. The highest BCUT2D eigenvalue weighted by Crippen LogP contribution is 2.51. The topological polar surface area (TPSA) is 21.3 Å². The summed E-state index contributed by atoms with van der Waals surface area (Å²) in [7, 11) is 2.03. The minimum atomic E-state index is 0.243. The molecule has 0 bridgehead atoms. The van der Waals surface area contributed by atoms with Crippen LogP contribution in [-0.4, -0.2) is 24.4 Å². The zero-order chi connectivity index (χ0) is 12.3. The van der Waals surface area contributed by atoms with Gasteiger partial charge in [0, 0.05) is 16.2 Å². The summed E-state index contributed by atoms with van der Waals surface area (Å²) in [4.78, 5) is 1.34. The Morgan fingerprint density at radius 3 is 2.41 bits per heavy atom. The van der Waals surface area contributed by atoms with Crippen molar-refractivity contribution in [2.75, 3.05) is 13.6 Å². The second-order valence-electron chi connectivity index (χ2n) is 4.95. The summed E-state index contributed by atoms with van der Waals surface area (Å²) in [6, 6.07) is 8.46. The van der Waals surface area contributed by atoms with Gasteiger partial charge in [-0.25, -0.2) is 0 Å². The van der Waals surface area contributed by atoms with Gasteiger partial charge in [0.25, 0.3) is 0 Å².